The summed E-state index contributed by atoms with van der Waals surface area (Å²) < 4.78 is 26.1. The molecule has 0 amide bonds. The molecule has 17 heavy (non-hydrogen) atoms. The molecule has 84 valence electrons. The zero-order valence-electron chi connectivity index (χ0n) is 8.74. The fourth-order valence-electron chi connectivity index (χ4n) is 1.55. The van der Waals surface area contributed by atoms with Gasteiger partial charge in [-0.15, -0.1) is 0 Å². The van der Waals surface area contributed by atoms with Crippen LogP contribution in [0.3, 0.4) is 0 Å². The number of hydrogen-bond acceptors (Lipinski definition) is 2. The Kier molecular flexibility index (Phi) is 2.75. The van der Waals surface area contributed by atoms with Crippen molar-refractivity contribution in [2.45, 2.75) is 0 Å². The predicted octanol–water partition coefficient (Wildman–Crippen LogP) is 3.09. The summed E-state index contributed by atoms with van der Waals surface area (Å²) >= 11 is 0. The first kappa shape index (κ1) is 11.1. The molecule has 0 atom stereocenters. The molecular weight excluding hydrogens is 222 g/mol. The lowest BCUT2D eigenvalue weighted by atomic mass is 10.0. The van der Waals surface area contributed by atoms with Gasteiger partial charge < -0.3 is 5.73 Å². The highest BCUT2D eigenvalue weighted by molar-refractivity contribution is 5.69. The van der Waals surface area contributed by atoms with Gasteiger partial charge in [0.2, 0.25) is 0 Å². The Morgan fingerprint density at radius 3 is 2.18 bits per heavy atom. The van der Waals surface area contributed by atoms with Crippen molar-refractivity contribution < 1.29 is 8.78 Å². The topological polar surface area (TPSA) is 49.8 Å². The van der Waals surface area contributed by atoms with Crippen molar-refractivity contribution in [1.29, 1.82) is 5.26 Å². The average Bonchev–Trinajstić information content (AvgIpc) is 2.28. The van der Waals surface area contributed by atoms with E-state index in [9.17, 15) is 8.78 Å². The van der Waals surface area contributed by atoms with Crippen LogP contribution >= 0.6 is 0 Å². The van der Waals surface area contributed by atoms with Gasteiger partial charge in [0.05, 0.1) is 5.56 Å². The molecule has 0 aromatic heterocycles. The molecule has 2 aromatic carbocycles. The summed E-state index contributed by atoms with van der Waals surface area (Å²) in [6, 6.07) is 9.79. The number of anilines is 1. The van der Waals surface area contributed by atoms with Crippen molar-refractivity contribution in [3.8, 4) is 17.2 Å². The van der Waals surface area contributed by atoms with E-state index in [-0.39, 0.29) is 5.56 Å². The summed E-state index contributed by atoms with van der Waals surface area (Å²) in [5.74, 6) is -1.31. The number of hydrogen-bond donors (Lipinski definition) is 1. The van der Waals surface area contributed by atoms with Crippen molar-refractivity contribution in [3.05, 3.63) is 53.6 Å². The molecule has 2 rings (SSSR count). The van der Waals surface area contributed by atoms with Crippen molar-refractivity contribution >= 4 is 5.69 Å². The molecule has 2 nitrogen and oxygen atoms in total. The number of rotatable bonds is 1. The van der Waals surface area contributed by atoms with Crippen LogP contribution < -0.4 is 5.73 Å². The Morgan fingerprint density at radius 2 is 1.59 bits per heavy atom. The minimum Gasteiger partial charge on any atom is -0.398 e. The van der Waals surface area contributed by atoms with Crippen LogP contribution in [0.5, 0.6) is 0 Å². The van der Waals surface area contributed by atoms with Crippen molar-refractivity contribution in [1.82, 2.24) is 0 Å². The minimum atomic E-state index is -0.657. The van der Waals surface area contributed by atoms with Crippen molar-refractivity contribution in [2.24, 2.45) is 0 Å². The molecule has 0 aliphatic rings. The molecule has 0 saturated heterocycles. The van der Waals surface area contributed by atoms with E-state index in [0.717, 1.165) is 6.07 Å². The molecule has 0 aliphatic heterocycles. The molecule has 0 radical (unpaired) electrons. The lowest BCUT2D eigenvalue weighted by Crippen LogP contribution is -1.91. The summed E-state index contributed by atoms with van der Waals surface area (Å²) in [4.78, 5) is 0. The third-order valence-corrected chi connectivity index (χ3v) is 2.37. The lowest BCUT2D eigenvalue weighted by molar-refractivity contribution is 0.584. The second-order valence-electron chi connectivity index (χ2n) is 3.57. The fourth-order valence-corrected chi connectivity index (χ4v) is 1.55. The fraction of sp³-hybridized carbons (Fsp3) is 0. The number of halogens is 2. The van der Waals surface area contributed by atoms with E-state index in [4.69, 9.17) is 11.0 Å². The Hall–Kier alpha value is -2.41. The normalized spacial score (nSPS) is 9.94. The van der Waals surface area contributed by atoms with Gasteiger partial charge in [0.1, 0.15) is 17.7 Å². The van der Waals surface area contributed by atoms with E-state index in [1.165, 1.54) is 24.3 Å². The SMILES string of the molecule is N#Cc1cc(-c2cc(F)cc(F)c2)ccc1N. The van der Waals surface area contributed by atoms with E-state index in [0.29, 0.717) is 16.8 Å². The van der Waals surface area contributed by atoms with Crippen LogP contribution in [0, 0.1) is 23.0 Å². The summed E-state index contributed by atoms with van der Waals surface area (Å²) in [7, 11) is 0. The Labute approximate surface area is 96.9 Å². The number of benzene rings is 2. The average molecular weight is 230 g/mol. The minimum absolute atomic E-state index is 0.284. The van der Waals surface area contributed by atoms with Crippen LogP contribution in [0.2, 0.25) is 0 Å². The predicted molar refractivity (Wildman–Crippen MR) is 60.9 cm³/mol. The van der Waals surface area contributed by atoms with Crippen LogP contribution in [0.4, 0.5) is 14.5 Å². The van der Waals surface area contributed by atoms with E-state index in [1.807, 2.05) is 6.07 Å². The lowest BCUT2D eigenvalue weighted by Gasteiger charge is -2.04. The van der Waals surface area contributed by atoms with Gasteiger partial charge in [-0.3, -0.25) is 0 Å². The number of nitrogen functional groups attached to an aromatic ring is 1. The second-order valence-corrected chi connectivity index (χ2v) is 3.57. The first-order valence-corrected chi connectivity index (χ1v) is 4.86. The van der Waals surface area contributed by atoms with E-state index < -0.39 is 11.6 Å². The molecule has 0 spiro atoms. The first-order chi connectivity index (χ1) is 8.10. The molecule has 4 heteroatoms. The van der Waals surface area contributed by atoms with Crippen LogP contribution in [0.25, 0.3) is 11.1 Å². The number of nitrogens with zero attached hydrogens (tertiary/aromatic N) is 1. The monoisotopic (exact) mass is 230 g/mol. The zero-order valence-corrected chi connectivity index (χ0v) is 8.74. The maximum absolute atomic E-state index is 13.0. The van der Waals surface area contributed by atoms with Gasteiger partial charge in [-0.2, -0.15) is 5.26 Å². The van der Waals surface area contributed by atoms with Gasteiger partial charge in [0.15, 0.2) is 0 Å². The maximum atomic E-state index is 13.0. The largest absolute Gasteiger partial charge is 0.398 e. The summed E-state index contributed by atoms with van der Waals surface area (Å²) in [5, 5.41) is 8.82. The Balaban J connectivity index is 2.57. The van der Waals surface area contributed by atoms with E-state index in [1.54, 1.807) is 6.07 Å². The molecule has 2 N–H and O–H groups in total. The first-order valence-electron chi connectivity index (χ1n) is 4.86. The Morgan fingerprint density at radius 1 is 0.941 bits per heavy atom. The van der Waals surface area contributed by atoms with E-state index >= 15 is 0 Å². The zero-order chi connectivity index (χ0) is 12.4. The Bertz CT molecular complexity index is 595. The molecule has 0 bridgehead atoms. The highest BCUT2D eigenvalue weighted by atomic mass is 19.1. The van der Waals surface area contributed by atoms with Gasteiger partial charge in [-0.1, -0.05) is 6.07 Å². The highest BCUT2D eigenvalue weighted by Crippen LogP contribution is 2.24. The van der Waals surface area contributed by atoms with E-state index in [2.05, 4.69) is 0 Å². The van der Waals surface area contributed by atoms with Crippen molar-refractivity contribution in [3.63, 3.8) is 0 Å². The quantitative estimate of drug-likeness (QED) is 0.765. The van der Waals surface area contributed by atoms with Gasteiger partial charge in [0, 0.05) is 11.8 Å². The summed E-state index contributed by atoms with van der Waals surface area (Å²) in [6.07, 6.45) is 0. The molecule has 0 unspecified atom stereocenters. The summed E-state index contributed by atoms with van der Waals surface area (Å²) in [5.41, 5.74) is 7.12. The highest BCUT2D eigenvalue weighted by Gasteiger charge is 2.05. The molecule has 0 fully saturated rings. The van der Waals surface area contributed by atoms with Crippen molar-refractivity contribution in [2.75, 3.05) is 5.73 Å². The van der Waals surface area contributed by atoms with Gasteiger partial charge >= 0.3 is 0 Å². The van der Waals surface area contributed by atoms with Gasteiger partial charge in [-0.05, 0) is 35.4 Å². The standard InChI is InChI=1S/C13H8F2N2/c14-11-4-9(5-12(15)6-11)8-1-2-13(17)10(3-8)7-16/h1-6H,17H2. The summed E-state index contributed by atoms with van der Waals surface area (Å²) in [6.45, 7) is 0. The second kappa shape index (κ2) is 4.22. The third kappa shape index (κ3) is 2.23. The molecule has 0 saturated carbocycles. The van der Waals surface area contributed by atoms with Crippen LogP contribution in [0.15, 0.2) is 36.4 Å². The van der Waals surface area contributed by atoms with Crippen LogP contribution in [0.1, 0.15) is 5.56 Å². The smallest absolute Gasteiger partial charge is 0.126 e. The maximum Gasteiger partial charge on any atom is 0.126 e. The van der Waals surface area contributed by atoms with Gasteiger partial charge in [-0.25, -0.2) is 8.78 Å². The molecule has 0 aliphatic carbocycles. The molecule has 0 heterocycles. The van der Waals surface area contributed by atoms with Gasteiger partial charge in [0.25, 0.3) is 0 Å². The van der Waals surface area contributed by atoms with Crippen LogP contribution in [-0.4, -0.2) is 0 Å². The number of nitriles is 1. The molecule has 2 aromatic rings. The third-order valence-electron chi connectivity index (χ3n) is 2.37. The molecular formula is C13H8F2N2. The number of nitrogens with two attached hydrogens (primary N) is 1. The van der Waals surface area contributed by atoms with Crippen LogP contribution in [-0.2, 0) is 0 Å².